The van der Waals surface area contributed by atoms with Gasteiger partial charge in [-0.2, -0.15) is 9.30 Å². The van der Waals surface area contributed by atoms with Crippen molar-refractivity contribution in [1.29, 1.82) is 0 Å². The third-order valence-corrected chi connectivity index (χ3v) is 8.47. The third-order valence-electron chi connectivity index (χ3n) is 5.61. The van der Waals surface area contributed by atoms with Gasteiger partial charge in [-0.25, -0.2) is 8.42 Å². The van der Waals surface area contributed by atoms with E-state index in [1.165, 1.54) is 39.9 Å². The van der Waals surface area contributed by atoms with Crippen molar-refractivity contribution in [3.8, 4) is 0 Å². The second-order valence-electron chi connectivity index (χ2n) is 8.19. The van der Waals surface area contributed by atoms with Crippen LogP contribution in [0.4, 0.5) is 0 Å². The maximum atomic E-state index is 13.0. The lowest BCUT2D eigenvalue weighted by atomic mass is 10.2. The fourth-order valence-corrected chi connectivity index (χ4v) is 6.00. The molecule has 35 heavy (non-hydrogen) atoms. The van der Waals surface area contributed by atoms with Gasteiger partial charge in [0.05, 0.1) is 21.7 Å². The molecule has 0 aliphatic heterocycles. The maximum Gasteiger partial charge on any atom is 0.279 e. The molecule has 182 valence electrons. The van der Waals surface area contributed by atoms with Crippen LogP contribution >= 0.6 is 11.3 Å². The van der Waals surface area contributed by atoms with Crippen LogP contribution in [-0.2, 0) is 27.8 Å². The Bertz CT molecular complexity index is 1510. The Morgan fingerprint density at radius 1 is 1.06 bits per heavy atom. The van der Waals surface area contributed by atoms with E-state index in [-0.39, 0.29) is 11.4 Å². The standard InChI is InChI=1S/C26H27N3O4S2/c1-19-9-14-23-24(17-19)34-26(29(23)15-16-33-3)27-25(30)21-10-12-22(13-11-21)35(31,32)28(2)18-20-7-5-4-6-8-20/h4-14,17H,15-16,18H2,1-3H3. The summed E-state index contributed by atoms with van der Waals surface area (Å²) in [5, 5.41) is 0. The predicted molar refractivity (Wildman–Crippen MR) is 138 cm³/mol. The summed E-state index contributed by atoms with van der Waals surface area (Å²) >= 11 is 1.44. The molecule has 0 fully saturated rings. The second-order valence-corrected chi connectivity index (χ2v) is 11.2. The topological polar surface area (TPSA) is 81.0 Å². The summed E-state index contributed by atoms with van der Waals surface area (Å²) in [6, 6.07) is 21.4. The number of sulfonamides is 1. The molecule has 1 amide bonds. The van der Waals surface area contributed by atoms with Crippen molar-refractivity contribution in [2.75, 3.05) is 20.8 Å². The summed E-state index contributed by atoms with van der Waals surface area (Å²) in [6.45, 7) is 3.33. The molecule has 0 atom stereocenters. The monoisotopic (exact) mass is 509 g/mol. The molecule has 1 heterocycles. The first kappa shape index (κ1) is 25.0. The minimum Gasteiger partial charge on any atom is -0.383 e. The highest BCUT2D eigenvalue weighted by molar-refractivity contribution is 7.89. The van der Waals surface area contributed by atoms with E-state index in [2.05, 4.69) is 11.1 Å². The average molecular weight is 510 g/mol. The Balaban J connectivity index is 1.60. The molecule has 0 saturated heterocycles. The number of amides is 1. The molecule has 0 saturated carbocycles. The molecule has 0 spiro atoms. The average Bonchev–Trinajstić information content (AvgIpc) is 3.18. The van der Waals surface area contributed by atoms with Crippen LogP contribution in [0.3, 0.4) is 0 Å². The van der Waals surface area contributed by atoms with Crippen LogP contribution in [-0.4, -0.2) is 44.0 Å². The van der Waals surface area contributed by atoms with Crippen molar-refractivity contribution in [2.24, 2.45) is 4.99 Å². The fourth-order valence-electron chi connectivity index (χ4n) is 3.69. The van der Waals surface area contributed by atoms with Gasteiger partial charge in [0.15, 0.2) is 4.80 Å². The molecule has 0 aliphatic rings. The Morgan fingerprint density at radius 3 is 2.46 bits per heavy atom. The Kier molecular flexibility index (Phi) is 7.61. The van der Waals surface area contributed by atoms with Gasteiger partial charge in [-0.05, 0) is 54.4 Å². The minimum absolute atomic E-state index is 0.125. The molecule has 0 N–H and O–H groups in total. The highest BCUT2D eigenvalue weighted by atomic mass is 32.2. The van der Waals surface area contributed by atoms with Crippen molar-refractivity contribution < 1.29 is 17.9 Å². The van der Waals surface area contributed by atoms with Gasteiger partial charge in [-0.3, -0.25) is 4.79 Å². The normalized spacial score (nSPS) is 12.5. The van der Waals surface area contributed by atoms with Gasteiger partial charge in [0, 0.05) is 32.8 Å². The zero-order valence-corrected chi connectivity index (χ0v) is 21.5. The van der Waals surface area contributed by atoms with E-state index in [4.69, 9.17) is 4.74 Å². The van der Waals surface area contributed by atoms with Crippen molar-refractivity contribution in [3.63, 3.8) is 0 Å². The van der Waals surface area contributed by atoms with E-state index in [1.807, 2.05) is 54.0 Å². The number of methoxy groups -OCH3 is 1. The summed E-state index contributed by atoms with van der Waals surface area (Å²) in [6.07, 6.45) is 0. The number of thiazole rings is 1. The molecule has 4 rings (SSSR count). The smallest absolute Gasteiger partial charge is 0.279 e. The van der Waals surface area contributed by atoms with Crippen molar-refractivity contribution in [2.45, 2.75) is 24.9 Å². The molecule has 0 aliphatic carbocycles. The van der Waals surface area contributed by atoms with Crippen LogP contribution in [0, 0.1) is 6.92 Å². The van der Waals surface area contributed by atoms with Crippen molar-refractivity contribution >= 4 is 37.5 Å². The molecular weight excluding hydrogens is 482 g/mol. The fraction of sp³-hybridized carbons (Fsp3) is 0.231. The largest absolute Gasteiger partial charge is 0.383 e. The number of aromatic nitrogens is 1. The van der Waals surface area contributed by atoms with Gasteiger partial charge < -0.3 is 9.30 Å². The highest BCUT2D eigenvalue weighted by Crippen LogP contribution is 2.20. The zero-order valence-electron chi connectivity index (χ0n) is 19.8. The zero-order chi connectivity index (χ0) is 25.0. The molecule has 0 bridgehead atoms. The summed E-state index contributed by atoms with van der Waals surface area (Å²) < 4.78 is 35.5. The highest BCUT2D eigenvalue weighted by Gasteiger charge is 2.21. The van der Waals surface area contributed by atoms with Gasteiger partial charge in [0.25, 0.3) is 5.91 Å². The molecule has 4 aromatic rings. The molecule has 0 unspecified atom stereocenters. The number of fused-ring (bicyclic) bond motifs is 1. The number of carbonyl (C=O) groups is 1. The van der Waals surface area contributed by atoms with Crippen LogP contribution in [0.25, 0.3) is 10.2 Å². The second kappa shape index (κ2) is 10.7. The van der Waals surface area contributed by atoms with E-state index < -0.39 is 15.9 Å². The Morgan fingerprint density at radius 2 is 1.77 bits per heavy atom. The van der Waals surface area contributed by atoms with Crippen LogP contribution in [0.5, 0.6) is 0 Å². The van der Waals surface area contributed by atoms with Crippen LogP contribution in [0.2, 0.25) is 0 Å². The number of hydrogen-bond donors (Lipinski definition) is 0. The van der Waals surface area contributed by atoms with E-state index in [0.717, 1.165) is 21.3 Å². The van der Waals surface area contributed by atoms with Gasteiger partial charge in [-0.15, -0.1) is 0 Å². The predicted octanol–water partition coefficient (Wildman–Crippen LogP) is 4.22. The molecular formula is C26H27N3O4S2. The van der Waals surface area contributed by atoms with E-state index in [1.54, 1.807) is 14.2 Å². The summed E-state index contributed by atoms with van der Waals surface area (Å²) in [5.74, 6) is -0.430. The molecule has 0 radical (unpaired) electrons. The van der Waals surface area contributed by atoms with Crippen LogP contribution in [0.1, 0.15) is 21.5 Å². The summed E-state index contributed by atoms with van der Waals surface area (Å²) in [7, 11) is -0.528. The number of nitrogens with zero attached hydrogens (tertiary/aromatic N) is 3. The Hall–Kier alpha value is -3.11. The quantitative estimate of drug-likeness (QED) is 0.356. The molecule has 7 nitrogen and oxygen atoms in total. The lowest BCUT2D eigenvalue weighted by Gasteiger charge is -2.17. The first-order valence-electron chi connectivity index (χ1n) is 11.1. The molecule has 3 aromatic carbocycles. The minimum atomic E-state index is -3.70. The number of carbonyl (C=O) groups excluding carboxylic acids is 1. The number of benzene rings is 3. The van der Waals surface area contributed by atoms with Crippen molar-refractivity contribution in [1.82, 2.24) is 8.87 Å². The lowest BCUT2D eigenvalue weighted by Crippen LogP contribution is -2.26. The number of hydrogen-bond acceptors (Lipinski definition) is 5. The Labute approximate surface area is 209 Å². The van der Waals surface area contributed by atoms with Gasteiger partial charge in [0.1, 0.15) is 0 Å². The van der Waals surface area contributed by atoms with Crippen molar-refractivity contribution in [3.05, 3.63) is 94.3 Å². The molecule has 1 aromatic heterocycles. The van der Waals surface area contributed by atoms with Crippen LogP contribution < -0.4 is 4.80 Å². The van der Waals surface area contributed by atoms with E-state index in [0.29, 0.717) is 23.5 Å². The van der Waals surface area contributed by atoms with E-state index in [9.17, 15) is 13.2 Å². The van der Waals surface area contributed by atoms with Crippen LogP contribution in [0.15, 0.2) is 82.7 Å². The number of rotatable bonds is 8. The van der Waals surface area contributed by atoms with Gasteiger partial charge in [-0.1, -0.05) is 47.7 Å². The van der Waals surface area contributed by atoms with Gasteiger partial charge in [0.2, 0.25) is 10.0 Å². The summed E-state index contributed by atoms with van der Waals surface area (Å²) in [4.78, 5) is 18.0. The SMILES string of the molecule is COCCn1c(=NC(=O)c2ccc(S(=O)(=O)N(C)Cc3ccccc3)cc2)sc2cc(C)ccc21. The molecule has 9 heteroatoms. The third kappa shape index (κ3) is 5.59. The van der Waals surface area contributed by atoms with Gasteiger partial charge >= 0.3 is 0 Å². The first-order valence-corrected chi connectivity index (χ1v) is 13.3. The number of aryl methyl sites for hydroxylation is 1. The number of ether oxygens (including phenoxy) is 1. The lowest BCUT2D eigenvalue weighted by molar-refractivity contribution is 0.0997. The first-order chi connectivity index (χ1) is 16.8. The maximum absolute atomic E-state index is 13.0. The van der Waals surface area contributed by atoms with E-state index >= 15 is 0 Å². The summed E-state index contributed by atoms with van der Waals surface area (Å²) in [5.41, 5.74) is 3.34.